The molecule has 2 atom stereocenters. The fourth-order valence-corrected chi connectivity index (χ4v) is 7.70. The molecule has 1 saturated carbocycles. The van der Waals surface area contributed by atoms with Crippen molar-refractivity contribution < 1.29 is 28.7 Å². The third-order valence-electron chi connectivity index (χ3n) is 10.5. The molecule has 274 valence electrons. The first-order chi connectivity index (χ1) is 25.7. The lowest BCUT2D eigenvalue weighted by Crippen LogP contribution is -2.55. The maximum atomic E-state index is 13.2. The van der Waals surface area contributed by atoms with Gasteiger partial charge in [0.25, 0.3) is 11.8 Å². The zero-order valence-corrected chi connectivity index (χ0v) is 30.0. The maximum absolute atomic E-state index is 13.2. The quantitative estimate of drug-likeness (QED) is 0.169. The second kappa shape index (κ2) is 14.9. The number of nitrogens with one attached hydrogen (secondary N) is 3. The summed E-state index contributed by atoms with van der Waals surface area (Å²) in [6.45, 7) is 2.56. The van der Waals surface area contributed by atoms with Gasteiger partial charge >= 0.3 is 0 Å². The van der Waals surface area contributed by atoms with Crippen molar-refractivity contribution in [2.45, 2.75) is 83.0 Å². The molecule has 3 aromatic rings. The summed E-state index contributed by atoms with van der Waals surface area (Å²) in [6.07, 6.45) is 7.50. The minimum absolute atomic E-state index is 0.0518. The van der Waals surface area contributed by atoms with Crippen molar-refractivity contribution in [3.8, 4) is 17.6 Å². The predicted octanol–water partition coefficient (Wildman–Crippen LogP) is 3.67. The largest absolute Gasteiger partial charge is 0.495 e. The van der Waals surface area contributed by atoms with Crippen molar-refractivity contribution in [1.29, 1.82) is 0 Å². The summed E-state index contributed by atoms with van der Waals surface area (Å²) in [4.78, 5) is 78.2. The Morgan fingerprint density at radius 2 is 1.91 bits per heavy atom. The van der Waals surface area contributed by atoms with Gasteiger partial charge in [0, 0.05) is 55.7 Å². The van der Waals surface area contributed by atoms with Gasteiger partial charge in [-0.2, -0.15) is 4.98 Å². The predicted molar refractivity (Wildman–Crippen MR) is 197 cm³/mol. The van der Waals surface area contributed by atoms with Crippen LogP contribution in [0.15, 0.2) is 42.6 Å². The monoisotopic (exact) mass is 718 g/mol. The molecule has 53 heavy (non-hydrogen) atoms. The van der Waals surface area contributed by atoms with Crippen molar-refractivity contribution in [2.75, 3.05) is 35.8 Å². The van der Waals surface area contributed by atoms with E-state index in [-0.39, 0.29) is 48.7 Å². The van der Waals surface area contributed by atoms with Crippen LogP contribution in [0.1, 0.15) is 90.1 Å². The highest BCUT2D eigenvalue weighted by Gasteiger charge is 2.42. The Balaban J connectivity index is 0.985. The number of likely N-dealkylation sites (N-methyl/N-ethyl adjacent to an activating group) is 1. The van der Waals surface area contributed by atoms with E-state index in [1.807, 2.05) is 13.0 Å². The number of piperidine rings is 1. The van der Waals surface area contributed by atoms with Gasteiger partial charge in [-0.05, 0) is 61.6 Å². The van der Waals surface area contributed by atoms with Gasteiger partial charge in [-0.15, -0.1) is 0 Å². The van der Waals surface area contributed by atoms with Crippen molar-refractivity contribution in [1.82, 2.24) is 25.5 Å². The van der Waals surface area contributed by atoms with Crippen molar-refractivity contribution in [3.63, 3.8) is 0 Å². The van der Waals surface area contributed by atoms with E-state index in [9.17, 15) is 24.0 Å². The molecule has 3 N–H and O–H groups in total. The highest BCUT2D eigenvalue weighted by Crippen LogP contribution is 2.40. The van der Waals surface area contributed by atoms with Gasteiger partial charge in [0.1, 0.15) is 23.5 Å². The Labute approximate surface area is 307 Å². The topological polar surface area (TPSA) is 166 Å². The molecular weight excluding hydrogens is 676 g/mol. The van der Waals surface area contributed by atoms with Crippen molar-refractivity contribution in [2.24, 2.45) is 0 Å². The average molecular weight is 719 g/mol. The molecule has 2 fully saturated rings. The fraction of sp³-hybridized carbons (Fsp3) is 0.410. The zero-order valence-electron chi connectivity index (χ0n) is 30.0. The molecule has 1 unspecified atom stereocenters. The van der Waals surface area contributed by atoms with Crippen LogP contribution in [0.3, 0.4) is 0 Å². The van der Waals surface area contributed by atoms with E-state index >= 15 is 0 Å². The Kier molecular flexibility index (Phi) is 9.99. The molecule has 0 spiro atoms. The molecule has 4 heterocycles. The molecule has 1 aromatic heterocycles. The van der Waals surface area contributed by atoms with Crippen LogP contribution in [0, 0.1) is 11.8 Å². The van der Waals surface area contributed by atoms with E-state index in [2.05, 4.69) is 37.7 Å². The summed E-state index contributed by atoms with van der Waals surface area (Å²) in [5.41, 5.74) is 3.60. The van der Waals surface area contributed by atoms with Crippen LogP contribution in [-0.4, -0.2) is 83.2 Å². The number of amides is 5. The van der Waals surface area contributed by atoms with Crippen LogP contribution in [-0.2, 0) is 20.9 Å². The molecule has 14 nitrogen and oxygen atoms in total. The molecule has 1 saturated heterocycles. The highest BCUT2D eigenvalue weighted by atomic mass is 16.5. The number of hydrogen-bond donors (Lipinski definition) is 3. The average Bonchev–Trinajstić information content (AvgIpc) is 3.81. The molecule has 2 aromatic carbocycles. The van der Waals surface area contributed by atoms with Crippen molar-refractivity contribution in [3.05, 3.63) is 64.8 Å². The number of anilines is 4. The third-order valence-corrected chi connectivity index (χ3v) is 10.5. The van der Waals surface area contributed by atoms with E-state index in [0.29, 0.717) is 65.6 Å². The fourth-order valence-electron chi connectivity index (χ4n) is 7.70. The summed E-state index contributed by atoms with van der Waals surface area (Å²) in [5, 5.41) is 8.46. The lowest BCUT2D eigenvalue weighted by atomic mass is 10.0. The zero-order chi connectivity index (χ0) is 37.2. The molecule has 7 rings (SSSR count). The smallest absolute Gasteiger partial charge is 0.255 e. The van der Waals surface area contributed by atoms with E-state index in [1.165, 1.54) is 12.0 Å². The van der Waals surface area contributed by atoms with Crippen LogP contribution < -0.4 is 30.5 Å². The van der Waals surface area contributed by atoms with Crippen LogP contribution in [0.5, 0.6) is 5.75 Å². The number of aromatic nitrogens is 2. The van der Waals surface area contributed by atoms with Gasteiger partial charge < -0.3 is 30.1 Å². The summed E-state index contributed by atoms with van der Waals surface area (Å²) in [6, 6.07) is 9.66. The normalized spacial score (nSPS) is 19.7. The number of rotatable bonds is 9. The summed E-state index contributed by atoms with van der Waals surface area (Å²) < 4.78 is 5.63. The maximum Gasteiger partial charge on any atom is 0.255 e. The van der Waals surface area contributed by atoms with Gasteiger partial charge in [0.05, 0.1) is 19.0 Å². The molecule has 1 aliphatic carbocycles. The second-order valence-electron chi connectivity index (χ2n) is 13.6. The number of methoxy groups -OCH3 is 1. The number of carbonyl (C=O) groups excluding carboxylic acids is 5. The lowest BCUT2D eigenvalue weighted by molar-refractivity contribution is -0.137. The van der Waals surface area contributed by atoms with E-state index < -0.39 is 11.9 Å². The minimum atomic E-state index is -0.694. The van der Waals surface area contributed by atoms with Gasteiger partial charge in [0.2, 0.25) is 23.7 Å². The highest BCUT2D eigenvalue weighted by molar-refractivity contribution is 6.06. The molecule has 0 bridgehead atoms. The van der Waals surface area contributed by atoms with E-state index in [1.54, 1.807) is 48.5 Å². The number of fused-ring (bicyclic) bond motifs is 2. The van der Waals surface area contributed by atoms with E-state index in [0.717, 1.165) is 37.1 Å². The first-order valence-corrected chi connectivity index (χ1v) is 18.1. The number of carbonyl (C=O) groups is 5. The third kappa shape index (κ3) is 6.86. The van der Waals surface area contributed by atoms with Crippen LogP contribution in [0.4, 0.5) is 23.1 Å². The van der Waals surface area contributed by atoms with Gasteiger partial charge in [0.15, 0.2) is 5.82 Å². The molecule has 5 amide bonds. The number of ether oxygens (including phenoxy) is 1. The first kappa shape index (κ1) is 35.4. The lowest BCUT2D eigenvalue weighted by Gasteiger charge is -2.43. The van der Waals surface area contributed by atoms with Crippen LogP contribution in [0.2, 0.25) is 0 Å². The molecule has 4 aliphatic rings. The Bertz CT molecular complexity index is 2050. The molecule has 14 heteroatoms. The Morgan fingerprint density at radius 3 is 2.66 bits per heavy atom. The molecule has 3 aliphatic heterocycles. The Hall–Kier alpha value is -5.97. The standard InChI is InChI=1S/C39H42N8O6/c1-4-29-38(52)45(2)31-21-41-39(44-34(31)47(29)25-12-5-6-13-25)42-28-16-15-24(20-32(28)53-3)35(49)40-19-8-7-10-23-11-9-14-26-27(23)22-46(37(26)51)30-17-18-33(48)43-36(30)50/h9,11,14-16,20-21,25,29-30H,4-6,8,12-13,17-19,22H2,1-3H3,(H,40,49)(H,41,42,44)(H,43,48,50)/t29-,30?/m1/s1. The minimum Gasteiger partial charge on any atom is -0.495 e. The second-order valence-corrected chi connectivity index (χ2v) is 13.6. The van der Waals surface area contributed by atoms with Gasteiger partial charge in [-0.25, -0.2) is 4.98 Å². The number of hydrogen-bond acceptors (Lipinski definition) is 10. The number of imide groups is 1. The Morgan fingerprint density at radius 1 is 1.09 bits per heavy atom. The van der Waals surface area contributed by atoms with E-state index in [4.69, 9.17) is 9.72 Å². The first-order valence-electron chi connectivity index (χ1n) is 18.1. The SMILES string of the molecule is CC[C@@H]1C(=O)N(C)c2cnc(Nc3ccc(C(=O)NCCC#Cc4cccc5c4CN(C4CCC(=O)NC4=O)C5=O)cc3OC)nc2N1C1CCCC1. The number of benzene rings is 2. The summed E-state index contributed by atoms with van der Waals surface area (Å²) >= 11 is 0. The van der Waals surface area contributed by atoms with Gasteiger partial charge in [-0.1, -0.05) is 37.7 Å². The van der Waals surface area contributed by atoms with Gasteiger partial charge in [-0.3, -0.25) is 29.3 Å². The van der Waals surface area contributed by atoms with Crippen LogP contribution >= 0.6 is 0 Å². The number of nitrogens with zero attached hydrogens (tertiary/aromatic N) is 5. The van der Waals surface area contributed by atoms with Crippen molar-refractivity contribution >= 4 is 52.7 Å². The van der Waals surface area contributed by atoms with Crippen LogP contribution in [0.25, 0.3) is 0 Å². The molecular formula is C39H42N8O6. The summed E-state index contributed by atoms with van der Waals surface area (Å²) in [5.74, 6) is 6.45. The molecule has 0 radical (unpaired) electrons. The summed E-state index contributed by atoms with van der Waals surface area (Å²) in [7, 11) is 3.29.